The van der Waals surface area contributed by atoms with Crippen LogP contribution in [0.3, 0.4) is 0 Å². The Balaban J connectivity index is 2.26. The Morgan fingerprint density at radius 1 is 1.39 bits per heavy atom. The lowest BCUT2D eigenvalue weighted by molar-refractivity contribution is 0.0690. The molecule has 0 aromatic carbocycles. The Bertz CT molecular complexity index is 747. The highest BCUT2D eigenvalue weighted by molar-refractivity contribution is 9.10. The fraction of sp³-hybridized carbons (Fsp3) is 0. The van der Waals surface area contributed by atoms with Crippen LogP contribution in [0.1, 0.15) is 10.5 Å². The number of nitrogens with zero attached hydrogens (tertiary/aromatic N) is 3. The van der Waals surface area contributed by atoms with E-state index in [0.717, 1.165) is 0 Å². The van der Waals surface area contributed by atoms with E-state index in [-0.39, 0.29) is 5.69 Å². The van der Waals surface area contributed by atoms with Gasteiger partial charge in [-0.1, -0.05) is 0 Å². The first-order valence-electron chi connectivity index (χ1n) is 4.99. The van der Waals surface area contributed by atoms with Gasteiger partial charge in [0.1, 0.15) is 5.69 Å². The van der Waals surface area contributed by atoms with Crippen molar-refractivity contribution in [2.24, 2.45) is 0 Å². The van der Waals surface area contributed by atoms with Crippen molar-refractivity contribution in [2.75, 3.05) is 0 Å². The highest BCUT2D eigenvalue weighted by Crippen LogP contribution is 2.25. The van der Waals surface area contributed by atoms with E-state index in [2.05, 4.69) is 26.0 Å². The molecule has 0 unspecified atom stereocenters. The summed E-state index contributed by atoms with van der Waals surface area (Å²) in [5.74, 6) is -0.513. The molecule has 3 rings (SSSR count). The van der Waals surface area contributed by atoms with E-state index in [9.17, 15) is 4.79 Å². The van der Waals surface area contributed by atoms with Crippen LogP contribution in [0.4, 0.5) is 0 Å². The fourth-order valence-corrected chi connectivity index (χ4v) is 1.94. The predicted molar refractivity (Wildman–Crippen MR) is 65.3 cm³/mol. The Hall–Kier alpha value is -2.15. The Labute approximate surface area is 109 Å². The van der Waals surface area contributed by atoms with Crippen molar-refractivity contribution >= 4 is 27.5 Å². The first-order valence-corrected chi connectivity index (χ1v) is 5.78. The molecule has 3 heterocycles. The molecular weight excluding hydrogens is 302 g/mol. The second kappa shape index (κ2) is 3.95. The van der Waals surface area contributed by atoms with Crippen molar-refractivity contribution in [3.8, 4) is 11.5 Å². The number of fused-ring (bicyclic) bond motifs is 1. The summed E-state index contributed by atoms with van der Waals surface area (Å²) in [5, 5.41) is 12.9. The summed E-state index contributed by atoms with van der Waals surface area (Å²) in [7, 11) is 0. The van der Waals surface area contributed by atoms with E-state index in [1.54, 1.807) is 24.4 Å². The zero-order valence-electron chi connectivity index (χ0n) is 8.87. The van der Waals surface area contributed by atoms with Crippen LogP contribution in [0.2, 0.25) is 0 Å². The standard InChI is InChI=1S/C11H6BrN3O3/c12-9-2-1-8(18-9)7-3-4-13-10-5-6(11(16)17)14-15(7)10/h1-5H,(H,16,17). The molecule has 0 bridgehead atoms. The van der Waals surface area contributed by atoms with E-state index < -0.39 is 5.97 Å². The number of hydrogen-bond donors (Lipinski definition) is 1. The number of rotatable bonds is 2. The molecule has 0 aliphatic rings. The lowest BCUT2D eigenvalue weighted by Crippen LogP contribution is -1.99. The summed E-state index contributed by atoms with van der Waals surface area (Å²) >= 11 is 3.22. The summed E-state index contributed by atoms with van der Waals surface area (Å²) in [6, 6.07) is 6.63. The van der Waals surface area contributed by atoms with Crippen LogP contribution in [0.5, 0.6) is 0 Å². The van der Waals surface area contributed by atoms with Gasteiger partial charge in [-0.05, 0) is 34.1 Å². The van der Waals surface area contributed by atoms with Crippen LogP contribution in [0.25, 0.3) is 17.1 Å². The Morgan fingerprint density at radius 2 is 2.22 bits per heavy atom. The van der Waals surface area contributed by atoms with Gasteiger partial charge >= 0.3 is 5.97 Å². The number of hydrogen-bond acceptors (Lipinski definition) is 4. The molecule has 0 amide bonds. The van der Waals surface area contributed by atoms with Gasteiger partial charge in [-0.15, -0.1) is 0 Å². The van der Waals surface area contributed by atoms with Crippen molar-refractivity contribution in [1.82, 2.24) is 14.6 Å². The normalized spacial score (nSPS) is 10.9. The smallest absolute Gasteiger partial charge is 0.356 e. The number of aromatic carboxylic acids is 1. The van der Waals surface area contributed by atoms with Gasteiger partial charge in [-0.25, -0.2) is 14.3 Å². The van der Waals surface area contributed by atoms with Crippen molar-refractivity contribution in [3.63, 3.8) is 0 Å². The quantitative estimate of drug-likeness (QED) is 0.786. The lowest BCUT2D eigenvalue weighted by atomic mass is 10.3. The molecule has 0 fully saturated rings. The van der Waals surface area contributed by atoms with E-state index in [1.807, 2.05) is 0 Å². The second-order valence-electron chi connectivity index (χ2n) is 3.54. The third kappa shape index (κ3) is 1.68. The molecule has 0 saturated heterocycles. The first-order chi connectivity index (χ1) is 8.65. The van der Waals surface area contributed by atoms with Gasteiger partial charge in [-0.3, -0.25) is 0 Å². The molecule has 0 aliphatic carbocycles. The average molecular weight is 308 g/mol. The zero-order chi connectivity index (χ0) is 12.7. The molecule has 18 heavy (non-hydrogen) atoms. The van der Waals surface area contributed by atoms with Crippen LogP contribution in [0, 0.1) is 0 Å². The molecule has 7 heteroatoms. The summed E-state index contributed by atoms with van der Waals surface area (Å²) in [4.78, 5) is 14.9. The highest BCUT2D eigenvalue weighted by Gasteiger charge is 2.14. The number of halogens is 1. The predicted octanol–water partition coefficient (Wildman–Crippen LogP) is 2.45. The average Bonchev–Trinajstić information content (AvgIpc) is 2.94. The number of furan rings is 1. The van der Waals surface area contributed by atoms with Crippen LogP contribution >= 0.6 is 15.9 Å². The van der Waals surface area contributed by atoms with E-state index in [0.29, 0.717) is 21.8 Å². The minimum Gasteiger partial charge on any atom is -0.476 e. The lowest BCUT2D eigenvalue weighted by Gasteiger charge is -1.99. The number of carbonyl (C=O) groups is 1. The third-order valence-electron chi connectivity index (χ3n) is 2.40. The molecule has 3 aromatic heterocycles. The maximum absolute atomic E-state index is 10.9. The molecule has 0 saturated carbocycles. The molecule has 0 spiro atoms. The Kier molecular flexibility index (Phi) is 2.41. The second-order valence-corrected chi connectivity index (χ2v) is 4.32. The summed E-state index contributed by atoms with van der Waals surface area (Å²) in [6.45, 7) is 0. The van der Waals surface area contributed by atoms with Crippen LogP contribution in [0.15, 0.2) is 39.5 Å². The minimum absolute atomic E-state index is 0.0550. The van der Waals surface area contributed by atoms with Gasteiger partial charge in [0.2, 0.25) is 0 Å². The molecule has 0 atom stereocenters. The van der Waals surface area contributed by atoms with Crippen molar-refractivity contribution in [3.05, 3.63) is 40.8 Å². The fourth-order valence-electron chi connectivity index (χ4n) is 1.64. The zero-order valence-corrected chi connectivity index (χ0v) is 10.5. The molecule has 3 aromatic rings. The van der Waals surface area contributed by atoms with Crippen LogP contribution in [-0.4, -0.2) is 25.7 Å². The monoisotopic (exact) mass is 307 g/mol. The van der Waals surface area contributed by atoms with Gasteiger partial charge in [0.15, 0.2) is 21.8 Å². The van der Waals surface area contributed by atoms with Gasteiger partial charge in [0, 0.05) is 12.3 Å². The molecule has 6 nitrogen and oxygen atoms in total. The summed E-state index contributed by atoms with van der Waals surface area (Å²) < 4.78 is 7.46. The van der Waals surface area contributed by atoms with Gasteiger partial charge < -0.3 is 9.52 Å². The van der Waals surface area contributed by atoms with Crippen LogP contribution in [-0.2, 0) is 0 Å². The van der Waals surface area contributed by atoms with E-state index in [1.165, 1.54) is 10.6 Å². The maximum atomic E-state index is 10.9. The number of carboxylic acid groups (broad SMARTS) is 1. The topological polar surface area (TPSA) is 80.6 Å². The molecule has 90 valence electrons. The SMILES string of the molecule is O=C(O)c1cc2nccc(-c3ccc(Br)o3)n2n1. The first kappa shape index (κ1) is 11.0. The molecule has 0 radical (unpaired) electrons. The highest BCUT2D eigenvalue weighted by atomic mass is 79.9. The van der Waals surface area contributed by atoms with Crippen LogP contribution < -0.4 is 0 Å². The summed E-state index contributed by atoms with van der Waals surface area (Å²) in [5.41, 5.74) is 1.04. The number of carboxylic acids is 1. The van der Waals surface area contributed by atoms with E-state index in [4.69, 9.17) is 9.52 Å². The van der Waals surface area contributed by atoms with Gasteiger partial charge in [-0.2, -0.15) is 5.10 Å². The van der Waals surface area contributed by atoms with Gasteiger partial charge in [0.05, 0.1) is 0 Å². The third-order valence-corrected chi connectivity index (χ3v) is 2.83. The maximum Gasteiger partial charge on any atom is 0.356 e. The van der Waals surface area contributed by atoms with Crippen molar-refractivity contribution < 1.29 is 14.3 Å². The largest absolute Gasteiger partial charge is 0.476 e. The summed E-state index contributed by atoms with van der Waals surface area (Å²) in [6.07, 6.45) is 1.58. The Morgan fingerprint density at radius 3 is 2.89 bits per heavy atom. The van der Waals surface area contributed by atoms with Gasteiger partial charge in [0.25, 0.3) is 0 Å². The molecule has 0 aliphatic heterocycles. The van der Waals surface area contributed by atoms with E-state index >= 15 is 0 Å². The minimum atomic E-state index is -1.09. The van der Waals surface area contributed by atoms with Crippen molar-refractivity contribution in [1.29, 1.82) is 0 Å². The number of aromatic nitrogens is 3. The molecule has 1 N–H and O–H groups in total. The molecular formula is C11H6BrN3O3. The van der Waals surface area contributed by atoms with Crippen molar-refractivity contribution in [2.45, 2.75) is 0 Å².